The average Bonchev–Trinajstić information content (AvgIpc) is 2.35. The van der Waals surface area contributed by atoms with Crippen LogP contribution in [0.2, 0.25) is 0 Å². The number of nitrogens with two attached hydrogens (primary N) is 1. The van der Waals surface area contributed by atoms with Crippen LogP contribution in [0.15, 0.2) is 22.8 Å². The molecule has 0 spiro atoms. The maximum Gasteiger partial charge on any atom is 0.0767 e. The first kappa shape index (κ1) is 15.6. The van der Waals surface area contributed by atoms with Crippen molar-refractivity contribution in [2.24, 2.45) is 11.8 Å². The number of nitrogens with one attached hydrogen (secondary N) is 1. The standard InChI is InChI=1S/C13H22BrN3O/c1-4-18-13(9(2)3)12(17-15)7-11-6-5-10(14)8-16-11/h5-6,8-9,12-13,17H,4,7,15H2,1-3H3. The van der Waals surface area contributed by atoms with Crippen LogP contribution in [0.1, 0.15) is 26.5 Å². The van der Waals surface area contributed by atoms with Gasteiger partial charge in [-0.05, 0) is 40.9 Å². The van der Waals surface area contributed by atoms with Crippen LogP contribution in [0.3, 0.4) is 0 Å². The van der Waals surface area contributed by atoms with Crippen LogP contribution in [0.4, 0.5) is 0 Å². The summed E-state index contributed by atoms with van der Waals surface area (Å²) in [5, 5.41) is 0. The van der Waals surface area contributed by atoms with Crippen LogP contribution in [-0.2, 0) is 11.2 Å². The van der Waals surface area contributed by atoms with E-state index >= 15 is 0 Å². The fourth-order valence-electron chi connectivity index (χ4n) is 1.99. The summed E-state index contributed by atoms with van der Waals surface area (Å²) >= 11 is 3.38. The summed E-state index contributed by atoms with van der Waals surface area (Å²) in [4.78, 5) is 4.37. The largest absolute Gasteiger partial charge is 0.377 e. The van der Waals surface area contributed by atoms with Gasteiger partial charge in [0.05, 0.1) is 12.1 Å². The van der Waals surface area contributed by atoms with Crippen molar-refractivity contribution in [3.8, 4) is 0 Å². The van der Waals surface area contributed by atoms with E-state index in [9.17, 15) is 0 Å². The molecule has 5 heteroatoms. The predicted octanol–water partition coefficient (Wildman–Crippen LogP) is 2.28. The predicted molar refractivity (Wildman–Crippen MR) is 77.0 cm³/mol. The second-order valence-electron chi connectivity index (χ2n) is 4.61. The van der Waals surface area contributed by atoms with Gasteiger partial charge >= 0.3 is 0 Å². The fraction of sp³-hybridized carbons (Fsp3) is 0.615. The zero-order chi connectivity index (χ0) is 13.5. The Morgan fingerprint density at radius 3 is 2.61 bits per heavy atom. The van der Waals surface area contributed by atoms with Crippen LogP contribution in [0.5, 0.6) is 0 Å². The molecule has 0 amide bonds. The van der Waals surface area contributed by atoms with Gasteiger partial charge in [-0.2, -0.15) is 0 Å². The third-order valence-electron chi connectivity index (χ3n) is 2.84. The molecule has 1 rings (SSSR count). The van der Waals surface area contributed by atoms with Gasteiger partial charge in [-0.15, -0.1) is 0 Å². The van der Waals surface area contributed by atoms with Gasteiger partial charge < -0.3 is 4.74 Å². The number of hydrogen-bond donors (Lipinski definition) is 2. The minimum atomic E-state index is 0.0682. The van der Waals surface area contributed by atoms with E-state index in [0.717, 1.165) is 16.6 Å². The lowest BCUT2D eigenvalue weighted by Gasteiger charge is -2.29. The molecule has 1 aromatic rings. The first-order valence-electron chi connectivity index (χ1n) is 6.26. The molecule has 4 nitrogen and oxygen atoms in total. The highest BCUT2D eigenvalue weighted by molar-refractivity contribution is 9.10. The molecule has 0 aromatic carbocycles. The molecule has 0 saturated carbocycles. The quantitative estimate of drug-likeness (QED) is 0.598. The van der Waals surface area contributed by atoms with Gasteiger partial charge in [0, 0.05) is 29.4 Å². The molecule has 0 saturated heterocycles. The van der Waals surface area contributed by atoms with Gasteiger partial charge in [0.25, 0.3) is 0 Å². The Morgan fingerprint density at radius 2 is 2.17 bits per heavy atom. The van der Waals surface area contributed by atoms with E-state index in [1.54, 1.807) is 6.20 Å². The fourth-order valence-corrected chi connectivity index (χ4v) is 2.22. The summed E-state index contributed by atoms with van der Waals surface area (Å²) in [7, 11) is 0. The van der Waals surface area contributed by atoms with Crippen LogP contribution < -0.4 is 11.3 Å². The molecule has 3 N–H and O–H groups in total. The lowest BCUT2D eigenvalue weighted by atomic mass is 9.96. The summed E-state index contributed by atoms with van der Waals surface area (Å²) in [6.07, 6.45) is 2.64. The number of hydrogen-bond acceptors (Lipinski definition) is 4. The van der Waals surface area contributed by atoms with Gasteiger partial charge in [-0.1, -0.05) is 13.8 Å². The Bertz CT molecular complexity index is 343. The van der Waals surface area contributed by atoms with Crippen molar-refractivity contribution in [3.05, 3.63) is 28.5 Å². The highest BCUT2D eigenvalue weighted by atomic mass is 79.9. The van der Waals surface area contributed by atoms with E-state index in [1.807, 2.05) is 19.1 Å². The summed E-state index contributed by atoms with van der Waals surface area (Å²) in [6.45, 7) is 6.97. The normalized spacial score (nSPS) is 14.8. The van der Waals surface area contributed by atoms with Crippen molar-refractivity contribution in [1.82, 2.24) is 10.4 Å². The minimum Gasteiger partial charge on any atom is -0.377 e. The molecule has 0 radical (unpaired) electrons. The third-order valence-corrected chi connectivity index (χ3v) is 3.31. The molecule has 1 aromatic heterocycles. The zero-order valence-electron chi connectivity index (χ0n) is 11.2. The van der Waals surface area contributed by atoms with Crippen molar-refractivity contribution in [2.75, 3.05) is 6.61 Å². The third kappa shape index (κ3) is 4.65. The van der Waals surface area contributed by atoms with Crippen LogP contribution in [-0.4, -0.2) is 23.7 Å². The van der Waals surface area contributed by atoms with E-state index in [2.05, 4.69) is 40.2 Å². The zero-order valence-corrected chi connectivity index (χ0v) is 12.8. The van der Waals surface area contributed by atoms with Gasteiger partial charge in [-0.25, -0.2) is 0 Å². The molecule has 102 valence electrons. The average molecular weight is 316 g/mol. The highest BCUT2D eigenvalue weighted by Gasteiger charge is 2.24. The van der Waals surface area contributed by atoms with Crippen LogP contribution in [0.25, 0.3) is 0 Å². The first-order valence-corrected chi connectivity index (χ1v) is 7.06. The van der Waals surface area contributed by atoms with Crippen molar-refractivity contribution >= 4 is 15.9 Å². The van der Waals surface area contributed by atoms with Crippen molar-refractivity contribution in [2.45, 2.75) is 39.3 Å². The maximum atomic E-state index is 5.77. The van der Waals surface area contributed by atoms with E-state index in [1.165, 1.54) is 0 Å². The molecular formula is C13H22BrN3O. The highest BCUT2D eigenvalue weighted by Crippen LogP contribution is 2.15. The number of hydrazine groups is 1. The Labute approximate surface area is 117 Å². The Hall–Kier alpha value is -0.490. The molecule has 0 bridgehead atoms. The Kier molecular flexibility index (Phi) is 6.78. The smallest absolute Gasteiger partial charge is 0.0767 e. The molecule has 2 atom stereocenters. The van der Waals surface area contributed by atoms with E-state index in [-0.39, 0.29) is 12.1 Å². The number of nitrogens with zero attached hydrogens (tertiary/aromatic N) is 1. The summed E-state index contributed by atoms with van der Waals surface area (Å²) in [5.41, 5.74) is 3.86. The van der Waals surface area contributed by atoms with Crippen LogP contribution in [0, 0.1) is 5.92 Å². The number of pyridine rings is 1. The molecule has 0 aliphatic carbocycles. The van der Waals surface area contributed by atoms with Crippen LogP contribution >= 0.6 is 15.9 Å². The molecular weight excluding hydrogens is 294 g/mol. The van der Waals surface area contributed by atoms with E-state index < -0.39 is 0 Å². The van der Waals surface area contributed by atoms with E-state index in [0.29, 0.717) is 12.5 Å². The molecule has 1 heterocycles. The second kappa shape index (κ2) is 7.84. The minimum absolute atomic E-state index is 0.0682. The molecule has 0 aliphatic rings. The van der Waals surface area contributed by atoms with Gasteiger partial charge in [0.1, 0.15) is 0 Å². The summed E-state index contributed by atoms with van der Waals surface area (Å²) < 4.78 is 6.75. The van der Waals surface area contributed by atoms with Gasteiger partial charge in [-0.3, -0.25) is 16.3 Å². The maximum absolute atomic E-state index is 5.77. The Balaban J connectivity index is 2.72. The van der Waals surface area contributed by atoms with Crippen molar-refractivity contribution < 1.29 is 4.74 Å². The first-order chi connectivity index (χ1) is 8.58. The number of halogens is 1. The van der Waals surface area contributed by atoms with Crippen molar-refractivity contribution in [3.63, 3.8) is 0 Å². The molecule has 2 unspecified atom stereocenters. The summed E-state index contributed by atoms with van der Waals surface area (Å²) in [6, 6.07) is 4.05. The molecule has 0 fully saturated rings. The number of rotatable bonds is 7. The SMILES string of the molecule is CCOC(C(C)C)C(Cc1ccc(Br)cn1)NN. The Morgan fingerprint density at radius 1 is 1.44 bits per heavy atom. The lowest BCUT2D eigenvalue weighted by Crippen LogP contribution is -2.49. The topological polar surface area (TPSA) is 60.2 Å². The summed E-state index contributed by atoms with van der Waals surface area (Å²) in [5.74, 6) is 6.06. The number of aromatic nitrogens is 1. The monoisotopic (exact) mass is 315 g/mol. The molecule has 18 heavy (non-hydrogen) atoms. The van der Waals surface area contributed by atoms with Gasteiger partial charge in [0.15, 0.2) is 0 Å². The molecule has 0 aliphatic heterocycles. The van der Waals surface area contributed by atoms with E-state index in [4.69, 9.17) is 10.6 Å². The lowest BCUT2D eigenvalue weighted by molar-refractivity contribution is 0.00334. The van der Waals surface area contributed by atoms with Gasteiger partial charge in [0.2, 0.25) is 0 Å². The van der Waals surface area contributed by atoms with Crippen molar-refractivity contribution in [1.29, 1.82) is 0 Å². The second-order valence-corrected chi connectivity index (χ2v) is 5.52. The number of ether oxygens (including phenoxy) is 1.